The highest BCUT2D eigenvalue weighted by Crippen LogP contribution is 2.28. The van der Waals surface area contributed by atoms with Crippen molar-refractivity contribution in [1.29, 1.82) is 0 Å². The summed E-state index contributed by atoms with van der Waals surface area (Å²) in [5.41, 5.74) is 0.953. The van der Waals surface area contributed by atoms with Gasteiger partial charge >= 0.3 is 5.97 Å². The summed E-state index contributed by atoms with van der Waals surface area (Å²) in [6, 6.07) is 3.13. The zero-order chi connectivity index (χ0) is 12.3. The molecule has 0 saturated carbocycles. The Labute approximate surface area is 97.5 Å². The van der Waals surface area contributed by atoms with Crippen molar-refractivity contribution in [2.24, 2.45) is 0 Å². The largest absolute Gasteiger partial charge is 0.481 e. The summed E-state index contributed by atoms with van der Waals surface area (Å²) >= 11 is 0. The SMILES string of the molecule is O=C(O)CC1=CNC(F)(c2ccncc2)C=C1. The van der Waals surface area contributed by atoms with Crippen LogP contribution in [0.4, 0.5) is 4.39 Å². The Morgan fingerprint density at radius 3 is 2.71 bits per heavy atom. The van der Waals surface area contributed by atoms with Crippen molar-refractivity contribution >= 4 is 5.97 Å². The molecule has 88 valence electrons. The fourth-order valence-corrected chi connectivity index (χ4v) is 1.57. The van der Waals surface area contributed by atoms with E-state index in [-0.39, 0.29) is 6.42 Å². The van der Waals surface area contributed by atoms with Crippen LogP contribution in [0.3, 0.4) is 0 Å². The Balaban J connectivity index is 2.16. The highest BCUT2D eigenvalue weighted by molar-refractivity contribution is 5.71. The van der Waals surface area contributed by atoms with Crippen molar-refractivity contribution in [3.8, 4) is 0 Å². The summed E-state index contributed by atoms with van der Waals surface area (Å²) in [5.74, 6) is -2.75. The first-order chi connectivity index (χ1) is 8.10. The van der Waals surface area contributed by atoms with Gasteiger partial charge in [0, 0.05) is 24.2 Å². The molecule has 4 nitrogen and oxygen atoms in total. The molecule has 0 amide bonds. The second-order valence-corrected chi connectivity index (χ2v) is 3.72. The van der Waals surface area contributed by atoms with Crippen LogP contribution in [0.15, 0.2) is 48.5 Å². The van der Waals surface area contributed by atoms with Crippen molar-refractivity contribution in [3.05, 3.63) is 54.0 Å². The maximum atomic E-state index is 14.4. The maximum absolute atomic E-state index is 14.4. The normalized spacial score (nSPS) is 22.8. The Bertz CT molecular complexity index is 485. The van der Waals surface area contributed by atoms with E-state index in [9.17, 15) is 9.18 Å². The third-order valence-electron chi connectivity index (χ3n) is 2.45. The lowest BCUT2D eigenvalue weighted by molar-refractivity contribution is -0.136. The van der Waals surface area contributed by atoms with Crippen LogP contribution in [0.25, 0.3) is 0 Å². The molecule has 0 fully saturated rings. The number of carboxylic acids is 1. The number of rotatable bonds is 3. The first kappa shape index (κ1) is 11.3. The number of aliphatic carboxylic acids is 1. The standard InChI is InChI=1S/C12H11FN2O2/c13-12(10-2-5-14-6-3-10)4-1-9(8-15-12)7-11(16)17/h1-6,8,15H,7H2,(H,16,17). The summed E-state index contributed by atoms with van der Waals surface area (Å²) in [7, 11) is 0. The number of halogens is 1. The quantitative estimate of drug-likeness (QED) is 0.782. The molecule has 0 spiro atoms. The van der Waals surface area contributed by atoms with Crippen LogP contribution in [0.2, 0.25) is 0 Å². The van der Waals surface area contributed by atoms with Crippen molar-refractivity contribution in [3.63, 3.8) is 0 Å². The molecule has 1 aliphatic rings. The zero-order valence-electron chi connectivity index (χ0n) is 8.93. The fourth-order valence-electron chi connectivity index (χ4n) is 1.57. The van der Waals surface area contributed by atoms with Crippen LogP contribution < -0.4 is 5.32 Å². The van der Waals surface area contributed by atoms with E-state index < -0.39 is 11.8 Å². The van der Waals surface area contributed by atoms with E-state index in [0.29, 0.717) is 11.1 Å². The molecule has 5 heteroatoms. The lowest BCUT2D eigenvalue weighted by Gasteiger charge is -2.26. The summed E-state index contributed by atoms with van der Waals surface area (Å²) in [4.78, 5) is 14.3. The first-order valence-corrected chi connectivity index (χ1v) is 5.07. The maximum Gasteiger partial charge on any atom is 0.307 e. The smallest absolute Gasteiger partial charge is 0.307 e. The lowest BCUT2D eigenvalue weighted by atomic mass is 10.0. The van der Waals surface area contributed by atoms with E-state index in [2.05, 4.69) is 10.3 Å². The molecular formula is C12H11FN2O2. The highest BCUT2D eigenvalue weighted by Gasteiger charge is 2.29. The van der Waals surface area contributed by atoms with Gasteiger partial charge in [-0.2, -0.15) is 0 Å². The average Bonchev–Trinajstić information content (AvgIpc) is 2.33. The number of dihydropyridines is 1. The second-order valence-electron chi connectivity index (χ2n) is 3.72. The van der Waals surface area contributed by atoms with E-state index in [1.165, 1.54) is 30.7 Å². The van der Waals surface area contributed by atoms with Crippen molar-refractivity contribution < 1.29 is 14.3 Å². The van der Waals surface area contributed by atoms with E-state index in [0.717, 1.165) is 0 Å². The third-order valence-corrected chi connectivity index (χ3v) is 2.45. The number of allylic oxidation sites excluding steroid dienone is 1. The molecule has 2 N–H and O–H groups in total. The number of hydrogen-bond donors (Lipinski definition) is 2. The van der Waals surface area contributed by atoms with Gasteiger partial charge in [-0.15, -0.1) is 0 Å². The van der Waals surface area contributed by atoms with Gasteiger partial charge in [0.2, 0.25) is 5.79 Å². The molecule has 1 aliphatic heterocycles. The predicted octanol–water partition coefficient (Wildman–Crippen LogP) is 1.72. The second kappa shape index (κ2) is 4.37. The van der Waals surface area contributed by atoms with E-state index >= 15 is 0 Å². The molecule has 2 rings (SSSR count). The highest BCUT2D eigenvalue weighted by atomic mass is 19.1. The molecule has 2 heterocycles. The summed E-state index contributed by atoms with van der Waals surface area (Å²) < 4.78 is 14.4. The fraction of sp³-hybridized carbons (Fsp3) is 0.167. The van der Waals surface area contributed by atoms with Crippen LogP contribution in [-0.4, -0.2) is 16.1 Å². The number of aromatic nitrogens is 1. The lowest BCUT2D eigenvalue weighted by Crippen LogP contribution is -2.34. The summed E-state index contributed by atoms with van der Waals surface area (Å²) in [6.45, 7) is 0. The molecule has 1 aromatic rings. The Morgan fingerprint density at radius 2 is 2.18 bits per heavy atom. The molecule has 0 aliphatic carbocycles. The topological polar surface area (TPSA) is 62.2 Å². The molecule has 17 heavy (non-hydrogen) atoms. The molecule has 0 bridgehead atoms. The van der Waals surface area contributed by atoms with Gasteiger partial charge in [0.15, 0.2) is 0 Å². The Morgan fingerprint density at radius 1 is 1.47 bits per heavy atom. The van der Waals surface area contributed by atoms with Gasteiger partial charge in [0.25, 0.3) is 0 Å². The van der Waals surface area contributed by atoms with Crippen LogP contribution in [0, 0.1) is 0 Å². The van der Waals surface area contributed by atoms with Crippen molar-refractivity contribution in [2.75, 3.05) is 0 Å². The minimum atomic E-state index is -1.80. The monoisotopic (exact) mass is 234 g/mol. The number of nitrogens with one attached hydrogen (secondary N) is 1. The van der Waals surface area contributed by atoms with Crippen LogP contribution in [0.1, 0.15) is 12.0 Å². The van der Waals surface area contributed by atoms with Gasteiger partial charge < -0.3 is 10.4 Å². The number of hydrogen-bond acceptors (Lipinski definition) is 3. The van der Waals surface area contributed by atoms with Crippen LogP contribution in [0.5, 0.6) is 0 Å². The number of alkyl halides is 1. The van der Waals surface area contributed by atoms with Crippen molar-refractivity contribution in [2.45, 2.75) is 12.2 Å². The molecule has 1 aromatic heterocycles. The van der Waals surface area contributed by atoms with Gasteiger partial charge in [-0.3, -0.25) is 9.78 Å². The van der Waals surface area contributed by atoms with E-state index in [4.69, 9.17) is 5.11 Å². The van der Waals surface area contributed by atoms with Crippen LogP contribution in [-0.2, 0) is 10.6 Å². The molecule has 0 aromatic carbocycles. The van der Waals surface area contributed by atoms with Crippen LogP contribution >= 0.6 is 0 Å². The minimum absolute atomic E-state index is 0.129. The first-order valence-electron chi connectivity index (χ1n) is 5.07. The van der Waals surface area contributed by atoms with Gasteiger partial charge in [-0.05, 0) is 23.8 Å². The summed E-state index contributed by atoms with van der Waals surface area (Å²) in [6.07, 6.45) is 7.04. The van der Waals surface area contributed by atoms with Gasteiger partial charge in [0.05, 0.1) is 6.42 Å². The number of carboxylic acid groups (broad SMARTS) is 1. The number of nitrogens with zero attached hydrogens (tertiary/aromatic N) is 1. The predicted molar refractivity (Wildman–Crippen MR) is 59.6 cm³/mol. The third kappa shape index (κ3) is 2.50. The zero-order valence-corrected chi connectivity index (χ0v) is 8.93. The van der Waals surface area contributed by atoms with E-state index in [1.54, 1.807) is 12.1 Å². The Kier molecular flexibility index (Phi) is 2.91. The molecule has 1 atom stereocenters. The molecular weight excluding hydrogens is 223 g/mol. The molecule has 0 saturated heterocycles. The van der Waals surface area contributed by atoms with Crippen molar-refractivity contribution in [1.82, 2.24) is 10.3 Å². The summed E-state index contributed by atoms with van der Waals surface area (Å²) in [5, 5.41) is 11.2. The van der Waals surface area contributed by atoms with Gasteiger partial charge in [-0.25, -0.2) is 4.39 Å². The molecule has 0 radical (unpaired) electrons. The number of pyridine rings is 1. The minimum Gasteiger partial charge on any atom is -0.481 e. The van der Waals surface area contributed by atoms with E-state index in [1.807, 2.05) is 0 Å². The number of carbonyl (C=O) groups is 1. The average molecular weight is 234 g/mol. The van der Waals surface area contributed by atoms with Gasteiger partial charge in [0.1, 0.15) is 0 Å². The molecule has 1 unspecified atom stereocenters. The van der Waals surface area contributed by atoms with Gasteiger partial charge in [-0.1, -0.05) is 6.08 Å². The Hall–Kier alpha value is -2.17.